The molecule has 0 fully saturated rings. The van der Waals surface area contributed by atoms with E-state index in [1.165, 1.54) is 5.56 Å². The molecule has 0 saturated carbocycles. The largest absolute Gasteiger partial charge is 0.507 e. The Balaban J connectivity index is 1.88. The van der Waals surface area contributed by atoms with Gasteiger partial charge >= 0.3 is 0 Å². The summed E-state index contributed by atoms with van der Waals surface area (Å²) in [5.74, 6) is 0.180. The van der Waals surface area contributed by atoms with Gasteiger partial charge in [0.05, 0.1) is 12.2 Å². The van der Waals surface area contributed by atoms with Gasteiger partial charge in [-0.3, -0.25) is 4.68 Å². The van der Waals surface area contributed by atoms with Gasteiger partial charge in [0.15, 0.2) is 0 Å². The third-order valence-corrected chi connectivity index (χ3v) is 3.30. The molecule has 1 aromatic heterocycles. The molecule has 0 spiro atoms. The first-order valence-electron chi connectivity index (χ1n) is 6.28. The Kier molecular flexibility index (Phi) is 3.44. The van der Waals surface area contributed by atoms with Crippen molar-refractivity contribution in [2.24, 2.45) is 0 Å². The van der Waals surface area contributed by atoms with Crippen LogP contribution in [-0.4, -0.2) is 14.9 Å². The van der Waals surface area contributed by atoms with E-state index in [0.29, 0.717) is 22.8 Å². The summed E-state index contributed by atoms with van der Waals surface area (Å²) < 4.78 is 1.84. The van der Waals surface area contributed by atoms with Crippen LogP contribution in [0.5, 0.6) is 5.75 Å². The topological polar surface area (TPSA) is 38.0 Å². The van der Waals surface area contributed by atoms with E-state index < -0.39 is 0 Å². The van der Waals surface area contributed by atoms with Gasteiger partial charge in [0.1, 0.15) is 5.75 Å². The molecule has 0 radical (unpaired) electrons. The average molecular weight is 285 g/mol. The van der Waals surface area contributed by atoms with E-state index in [-0.39, 0.29) is 5.75 Å². The van der Waals surface area contributed by atoms with Crippen molar-refractivity contribution in [2.45, 2.75) is 6.54 Å². The fourth-order valence-electron chi connectivity index (χ4n) is 2.08. The summed E-state index contributed by atoms with van der Waals surface area (Å²) in [6.07, 6.45) is 1.89. The first-order valence-corrected chi connectivity index (χ1v) is 6.66. The monoisotopic (exact) mass is 284 g/mol. The zero-order valence-corrected chi connectivity index (χ0v) is 11.5. The number of aromatic nitrogens is 2. The Morgan fingerprint density at radius 3 is 2.65 bits per heavy atom. The van der Waals surface area contributed by atoms with E-state index in [2.05, 4.69) is 17.2 Å². The number of halogens is 1. The number of hydrogen-bond donors (Lipinski definition) is 1. The zero-order chi connectivity index (χ0) is 13.9. The predicted octanol–water partition coefficient (Wildman–Crippen LogP) is 3.96. The van der Waals surface area contributed by atoms with Gasteiger partial charge in [-0.25, -0.2) is 0 Å². The summed E-state index contributed by atoms with van der Waals surface area (Å²) in [6.45, 7) is 0.697. The van der Waals surface area contributed by atoms with E-state index in [1.54, 1.807) is 18.2 Å². The smallest absolute Gasteiger partial charge is 0.125 e. The molecular weight excluding hydrogens is 272 g/mol. The second-order valence-corrected chi connectivity index (χ2v) is 4.98. The maximum atomic E-state index is 9.88. The van der Waals surface area contributed by atoms with Crippen LogP contribution in [0.1, 0.15) is 5.56 Å². The Labute approximate surface area is 122 Å². The van der Waals surface area contributed by atoms with Crippen LogP contribution in [0.3, 0.4) is 0 Å². The Morgan fingerprint density at radius 1 is 1.05 bits per heavy atom. The molecule has 20 heavy (non-hydrogen) atoms. The molecule has 0 atom stereocenters. The molecular formula is C16H13ClN2O. The summed E-state index contributed by atoms with van der Waals surface area (Å²) in [6, 6.07) is 16.9. The van der Waals surface area contributed by atoms with Crippen LogP contribution in [0.25, 0.3) is 11.3 Å². The molecule has 0 aliphatic rings. The molecule has 0 aliphatic carbocycles. The standard InChI is InChI=1S/C16H13ClN2O/c17-13-6-7-16(20)14(10-13)15-8-9-19(18-15)11-12-4-2-1-3-5-12/h1-10,20H,11H2. The van der Waals surface area contributed by atoms with Crippen molar-refractivity contribution in [3.05, 3.63) is 71.4 Å². The van der Waals surface area contributed by atoms with E-state index in [1.807, 2.05) is 35.1 Å². The quantitative estimate of drug-likeness (QED) is 0.790. The Bertz CT molecular complexity index is 722. The van der Waals surface area contributed by atoms with Crippen LogP contribution >= 0.6 is 11.6 Å². The maximum Gasteiger partial charge on any atom is 0.125 e. The Hall–Kier alpha value is -2.26. The number of aromatic hydroxyl groups is 1. The molecule has 3 aromatic rings. The predicted molar refractivity (Wildman–Crippen MR) is 79.9 cm³/mol. The van der Waals surface area contributed by atoms with Crippen molar-refractivity contribution in [2.75, 3.05) is 0 Å². The summed E-state index contributed by atoms with van der Waals surface area (Å²) >= 11 is 5.96. The third kappa shape index (κ3) is 2.68. The highest BCUT2D eigenvalue weighted by Crippen LogP contribution is 2.30. The van der Waals surface area contributed by atoms with Gasteiger partial charge in [-0.15, -0.1) is 0 Å². The molecule has 0 unspecified atom stereocenters. The van der Waals surface area contributed by atoms with Crippen molar-refractivity contribution >= 4 is 11.6 Å². The van der Waals surface area contributed by atoms with Crippen molar-refractivity contribution in [1.29, 1.82) is 0 Å². The van der Waals surface area contributed by atoms with Gasteiger partial charge in [0, 0.05) is 16.8 Å². The van der Waals surface area contributed by atoms with E-state index in [4.69, 9.17) is 11.6 Å². The SMILES string of the molecule is Oc1ccc(Cl)cc1-c1ccn(Cc2ccccc2)n1. The summed E-state index contributed by atoms with van der Waals surface area (Å²) in [5, 5.41) is 14.9. The zero-order valence-electron chi connectivity index (χ0n) is 10.7. The highest BCUT2D eigenvalue weighted by atomic mass is 35.5. The number of hydrogen-bond acceptors (Lipinski definition) is 2. The van der Waals surface area contributed by atoms with Crippen LogP contribution in [-0.2, 0) is 6.54 Å². The fraction of sp³-hybridized carbons (Fsp3) is 0.0625. The van der Waals surface area contributed by atoms with Crippen molar-refractivity contribution in [3.63, 3.8) is 0 Å². The first kappa shape index (κ1) is 12.8. The summed E-state index contributed by atoms with van der Waals surface area (Å²) in [7, 11) is 0. The molecule has 1 N–H and O–H groups in total. The van der Waals surface area contributed by atoms with Crippen molar-refractivity contribution in [3.8, 4) is 17.0 Å². The highest BCUT2D eigenvalue weighted by Gasteiger charge is 2.08. The number of phenolic OH excluding ortho intramolecular Hbond substituents is 1. The molecule has 100 valence electrons. The molecule has 2 aromatic carbocycles. The lowest BCUT2D eigenvalue weighted by atomic mass is 10.1. The van der Waals surface area contributed by atoms with Gasteiger partial charge in [-0.1, -0.05) is 41.9 Å². The Morgan fingerprint density at radius 2 is 1.85 bits per heavy atom. The summed E-state index contributed by atoms with van der Waals surface area (Å²) in [5.41, 5.74) is 2.53. The van der Waals surface area contributed by atoms with E-state index in [9.17, 15) is 5.11 Å². The van der Waals surface area contributed by atoms with Crippen LogP contribution in [0, 0.1) is 0 Å². The van der Waals surface area contributed by atoms with E-state index >= 15 is 0 Å². The van der Waals surface area contributed by atoms with Crippen LogP contribution in [0.15, 0.2) is 60.8 Å². The minimum atomic E-state index is 0.180. The number of rotatable bonds is 3. The molecule has 0 amide bonds. The second kappa shape index (κ2) is 5.39. The van der Waals surface area contributed by atoms with Crippen molar-refractivity contribution < 1.29 is 5.11 Å². The van der Waals surface area contributed by atoms with Crippen molar-refractivity contribution in [1.82, 2.24) is 9.78 Å². The molecule has 3 rings (SSSR count). The normalized spacial score (nSPS) is 10.7. The van der Waals surface area contributed by atoms with Gasteiger partial charge in [-0.05, 0) is 29.8 Å². The minimum absolute atomic E-state index is 0.180. The van der Waals surface area contributed by atoms with Gasteiger partial charge < -0.3 is 5.11 Å². The highest BCUT2D eigenvalue weighted by molar-refractivity contribution is 6.30. The lowest BCUT2D eigenvalue weighted by Crippen LogP contribution is -2.00. The molecule has 1 heterocycles. The minimum Gasteiger partial charge on any atom is -0.507 e. The van der Waals surface area contributed by atoms with Crippen LogP contribution < -0.4 is 0 Å². The number of benzene rings is 2. The molecule has 0 bridgehead atoms. The second-order valence-electron chi connectivity index (χ2n) is 4.55. The number of nitrogens with zero attached hydrogens (tertiary/aromatic N) is 2. The molecule has 0 aliphatic heterocycles. The molecule has 4 heteroatoms. The third-order valence-electron chi connectivity index (χ3n) is 3.06. The van der Waals surface area contributed by atoms with Gasteiger partial charge in [0.25, 0.3) is 0 Å². The maximum absolute atomic E-state index is 9.88. The van der Waals surface area contributed by atoms with Gasteiger partial charge in [0.2, 0.25) is 0 Å². The van der Waals surface area contributed by atoms with Crippen LogP contribution in [0.4, 0.5) is 0 Å². The fourth-order valence-corrected chi connectivity index (χ4v) is 2.25. The van der Waals surface area contributed by atoms with Crippen LogP contribution in [0.2, 0.25) is 5.02 Å². The van der Waals surface area contributed by atoms with E-state index in [0.717, 1.165) is 0 Å². The lowest BCUT2D eigenvalue weighted by Gasteiger charge is -2.03. The molecule has 3 nitrogen and oxygen atoms in total. The number of phenols is 1. The lowest BCUT2D eigenvalue weighted by molar-refractivity contribution is 0.477. The van der Waals surface area contributed by atoms with Gasteiger partial charge in [-0.2, -0.15) is 5.10 Å². The summed E-state index contributed by atoms with van der Waals surface area (Å²) in [4.78, 5) is 0. The average Bonchev–Trinajstić information content (AvgIpc) is 2.91. The molecule has 0 saturated heterocycles. The first-order chi connectivity index (χ1) is 9.72.